The van der Waals surface area contributed by atoms with Crippen LogP contribution in [0.25, 0.3) is 0 Å². The number of aryl methyl sites for hydroxylation is 1. The molecule has 0 aromatic heterocycles. The van der Waals surface area contributed by atoms with Crippen molar-refractivity contribution in [1.82, 2.24) is 0 Å². The van der Waals surface area contributed by atoms with Crippen LogP contribution in [0.15, 0.2) is 53.6 Å². The lowest BCUT2D eigenvalue weighted by atomic mass is 10.1. The molecule has 1 unspecified atom stereocenters. The molecule has 2 heteroatoms. The first kappa shape index (κ1) is 15.0. The summed E-state index contributed by atoms with van der Waals surface area (Å²) in [7, 11) is 0. The number of unbranched alkanes of at least 4 members (excludes halogenated alkanes) is 1. The highest BCUT2D eigenvalue weighted by Crippen LogP contribution is 2.12. The first-order valence-corrected chi connectivity index (χ1v) is 6.86. The van der Waals surface area contributed by atoms with Crippen LogP contribution in [0.4, 0.5) is 0 Å². The molecule has 18 heavy (non-hydrogen) atoms. The number of halogens is 1. The van der Waals surface area contributed by atoms with Crippen molar-refractivity contribution in [2.75, 3.05) is 0 Å². The van der Waals surface area contributed by atoms with Crippen LogP contribution in [0, 0.1) is 0 Å². The number of allylic oxidation sites excluding steroid dienone is 2. The summed E-state index contributed by atoms with van der Waals surface area (Å²) >= 11 is 6.04. The molecule has 98 valence electrons. The Morgan fingerprint density at radius 1 is 1.28 bits per heavy atom. The van der Waals surface area contributed by atoms with Crippen molar-refractivity contribution >= 4 is 11.6 Å². The predicted molar refractivity (Wildman–Crippen MR) is 78.8 cm³/mol. The van der Waals surface area contributed by atoms with Crippen molar-refractivity contribution < 1.29 is 5.11 Å². The predicted octanol–water partition coefficient (Wildman–Crippen LogP) is 4.46. The Labute approximate surface area is 115 Å². The fraction of sp³-hybridized carbons (Fsp3) is 0.375. The van der Waals surface area contributed by atoms with E-state index in [1.165, 1.54) is 5.56 Å². The van der Waals surface area contributed by atoms with Gasteiger partial charge in [0.05, 0.1) is 0 Å². The van der Waals surface area contributed by atoms with Crippen LogP contribution in [0.5, 0.6) is 0 Å². The molecular weight excluding hydrogens is 244 g/mol. The largest absolute Gasteiger partial charge is 0.383 e. The van der Waals surface area contributed by atoms with Gasteiger partial charge in [0.2, 0.25) is 0 Å². The number of rotatable bonds is 7. The zero-order chi connectivity index (χ0) is 13.2. The Morgan fingerprint density at radius 2 is 2.00 bits per heavy atom. The summed E-state index contributed by atoms with van der Waals surface area (Å²) in [6.07, 6.45) is 8.82. The summed E-state index contributed by atoms with van der Waals surface area (Å²) < 4.78 is 0. The molecule has 1 nitrogen and oxygen atoms in total. The Kier molecular flexibility index (Phi) is 7.47. The molecule has 0 spiro atoms. The van der Waals surface area contributed by atoms with Crippen LogP contribution in [-0.2, 0) is 6.42 Å². The van der Waals surface area contributed by atoms with Gasteiger partial charge in [0, 0.05) is 5.03 Å². The van der Waals surface area contributed by atoms with Crippen LogP contribution < -0.4 is 0 Å². The molecule has 0 amide bonds. The molecule has 0 saturated carbocycles. The standard InChI is InChI=1S/C16H21ClO/c1-2-3-5-13-16(18)15(17)12-8-11-14-9-6-4-7-10-14/h4-7,9-10,12-13,16,18H,2-3,8,11H2,1H3/b13-5+,15-12-. The summed E-state index contributed by atoms with van der Waals surface area (Å²) in [5.41, 5.74) is 1.29. The average Bonchev–Trinajstić information content (AvgIpc) is 2.40. The van der Waals surface area contributed by atoms with Crippen molar-refractivity contribution in [1.29, 1.82) is 0 Å². The summed E-state index contributed by atoms with van der Waals surface area (Å²) in [5.74, 6) is 0. The summed E-state index contributed by atoms with van der Waals surface area (Å²) in [6.45, 7) is 2.11. The minimum atomic E-state index is -0.658. The Morgan fingerprint density at radius 3 is 2.67 bits per heavy atom. The van der Waals surface area contributed by atoms with E-state index in [0.29, 0.717) is 5.03 Å². The van der Waals surface area contributed by atoms with Crippen molar-refractivity contribution in [3.05, 3.63) is 59.2 Å². The Hall–Kier alpha value is -1.05. The quantitative estimate of drug-likeness (QED) is 0.721. The lowest BCUT2D eigenvalue weighted by molar-refractivity contribution is 0.266. The first-order chi connectivity index (χ1) is 8.74. The highest BCUT2D eigenvalue weighted by molar-refractivity contribution is 6.30. The van der Waals surface area contributed by atoms with Gasteiger partial charge in [0.1, 0.15) is 6.10 Å². The third-order valence-corrected chi connectivity index (χ3v) is 3.05. The molecule has 0 fully saturated rings. The van der Waals surface area contributed by atoms with E-state index in [1.807, 2.05) is 30.4 Å². The molecule has 1 N–H and O–H groups in total. The van der Waals surface area contributed by atoms with Crippen molar-refractivity contribution in [3.63, 3.8) is 0 Å². The van der Waals surface area contributed by atoms with Crippen LogP contribution in [0.3, 0.4) is 0 Å². The molecule has 0 aliphatic rings. The number of hydrogen-bond donors (Lipinski definition) is 1. The van der Waals surface area contributed by atoms with Crippen LogP contribution in [0.1, 0.15) is 31.7 Å². The van der Waals surface area contributed by atoms with E-state index >= 15 is 0 Å². The maximum absolute atomic E-state index is 9.75. The molecule has 0 saturated heterocycles. The van der Waals surface area contributed by atoms with Gasteiger partial charge in [-0.1, -0.05) is 73.5 Å². The van der Waals surface area contributed by atoms with E-state index in [9.17, 15) is 5.11 Å². The van der Waals surface area contributed by atoms with E-state index in [-0.39, 0.29) is 0 Å². The minimum Gasteiger partial charge on any atom is -0.383 e. The van der Waals surface area contributed by atoms with Crippen LogP contribution >= 0.6 is 11.6 Å². The number of aliphatic hydroxyl groups is 1. The SMILES string of the molecule is CCC/C=C/C(O)/C(Cl)=C/CCc1ccccc1. The zero-order valence-electron chi connectivity index (χ0n) is 10.8. The smallest absolute Gasteiger partial charge is 0.107 e. The lowest BCUT2D eigenvalue weighted by Crippen LogP contribution is -2.01. The van der Waals surface area contributed by atoms with Gasteiger partial charge in [-0.3, -0.25) is 0 Å². The first-order valence-electron chi connectivity index (χ1n) is 6.48. The van der Waals surface area contributed by atoms with Gasteiger partial charge in [-0.15, -0.1) is 0 Å². The molecule has 1 rings (SSSR count). The Balaban J connectivity index is 2.37. The fourth-order valence-corrected chi connectivity index (χ4v) is 1.81. The normalized spacial score (nSPS) is 14.1. The molecule has 0 aliphatic carbocycles. The average molecular weight is 265 g/mol. The molecule has 1 aromatic rings. The Bertz CT molecular complexity index is 381. The van der Waals surface area contributed by atoms with E-state index in [4.69, 9.17) is 11.6 Å². The van der Waals surface area contributed by atoms with Crippen LogP contribution in [-0.4, -0.2) is 11.2 Å². The lowest BCUT2D eigenvalue weighted by Gasteiger charge is -2.04. The molecule has 1 atom stereocenters. The molecule has 0 bridgehead atoms. The van der Waals surface area contributed by atoms with Crippen molar-refractivity contribution in [3.8, 4) is 0 Å². The number of hydrogen-bond acceptors (Lipinski definition) is 1. The molecule has 0 radical (unpaired) electrons. The van der Waals surface area contributed by atoms with Gasteiger partial charge in [-0.25, -0.2) is 0 Å². The van der Waals surface area contributed by atoms with E-state index in [0.717, 1.165) is 25.7 Å². The topological polar surface area (TPSA) is 20.2 Å². The number of aliphatic hydroxyl groups excluding tert-OH is 1. The maximum atomic E-state index is 9.75. The third kappa shape index (κ3) is 6.04. The summed E-state index contributed by atoms with van der Waals surface area (Å²) in [4.78, 5) is 0. The van der Waals surface area contributed by atoms with E-state index in [1.54, 1.807) is 6.08 Å². The molecule has 0 heterocycles. The highest BCUT2D eigenvalue weighted by atomic mass is 35.5. The van der Waals surface area contributed by atoms with Gasteiger partial charge in [0.25, 0.3) is 0 Å². The van der Waals surface area contributed by atoms with Gasteiger partial charge >= 0.3 is 0 Å². The second-order valence-electron chi connectivity index (χ2n) is 4.27. The van der Waals surface area contributed by atoms with E-state index < -0.39 is 6.10 Å². The molecule has 1 aromatic carbocycles. The summed E-state index contributed by atoms with van der Waals surface area (Å²) in [6, 6.07) is 10.3. The van der Waals surface area contributed by atoms with Crippen molar-refractivity contribution in [2.24, 2.45) is 0 Å². The van der Waals surface area contributed by atoms with E-state index in [2.05, 4.69) is 19.1 Å². The molecule has 0 aliphatic heterocycles. The van der Waals surface area contributed by atoms with Gasteiger partial charge in [-0.2, -0.15) is 0 Å². The summed E-state index contributed by atoms with van der Waals surface area (Å²) in [5, 5.41) is 10.3. The third-order valence-electron chi connectivity index (χ3n) is 2.67. The maximum Gasteiger partial charge on any atom is 0.107 e. The van der Waals surface area contributed by atoms with Gasteiger partial charge in [0.15, 0.2) is 0 Å². The van der Waals surface area contributed by atoms with Crippen LogP contribution in [0.2, 0.25) is 0 Å². The fourth-order valence-electron chi connectivity index (χ4n) is 1.63. The second-order valence-corrected chi connectivity index (χ2v) is 4.71. The monoisotopic (exact) mass is 264 g/mol. The van der Waals surface area contributed by atoms with Gasteiger partial charge < -0.3 is 5.11 Å². The highest BCUT2D eigenvalue weighted by Gasteiger charge is 2.02. The number of benzene rings is 1. The van der Waals surface area contributed by atoms with Crippen molar-refractivity contribution in [2.45, 2.75) is 38.7 Å². The van der Waals surface area contributed by atoms with Gasteiger partial charge in [-0.05, 0) is 24.8 Å². The molecular formula is C16H21ClO. The second kappa shape index (κ2) is 8.96. The zero-order valence-corrected chi connectivity index (χ0v) is 11.6. The minimum absolute atomic E-state index is 0.512.